The van der Waals surface area contributed by atoms with E-state index in [0.717, 1.165) is 11.8 Å². The lowest BCUT2D eigenvalue weighted by Gasteiger charge is -1.99. The van der Waals surface area contributed by atoms with Gasteiger partial charge in [0.25, 0.3) is 0 Å². The molecule has 1 heterocycles. The number of carboxylic acid groups (broad SMARTS) is 1. The minimum Gasteiger partial charge on any atom is -0.481 e. The van der Waals surface area contributed by atoms with E-state index in [2.05, 4.69) is 31.4 Å². The van der Waals surface area contributed by atoms with Gasteiger partial charge in [-0.25, -0.2) is 4.39 Å². The lowest BCUT2D eigenvalue weighted by atomic mass is 10.1. The van der Waals surface area contributed by atoms with Crippen LogP contribution in [0.1, 0.15) is 17.5 Å². The molecule has 1 aromatic rings. The smallest absolute Gasteiger partial charge is 0.305 e. The Morgan fingerprint density at radius 3 is 2.95 bits per heavy atom. The lowest BCUT2D eigenvalue weighted by Crippen LogP contribution is -2.26. The van der Waals surface area contributed by atoms with Gasteiger partial charge in [0.2, 0.25) is 5.91 Å². The molecule has 0 spiro atoms. The van der Waals surface area contributed by atoms with Gasteiger partial charge in [-0.1, -0.05) is 39.8 Å². The second kappa shape index (κ2) is 7.50. The molecule has 1 aliphatic heterocycles. The number of rotatable bonds is 5. The number of amidine groups is 1. The van der Waals surface area contributed by atoms with Crippen LogP contribution < -0.4 is 5.32 Å². The van der Waals surface area contributed by atoms with Gasteiger partial charge in [-0.05, 0) is 17.2 Å². The van der Waals surface area contributed by atoms with Crippen molar-refractivity contribution in [1.82, 2.24) is 5.32 Å². The Morgan fingerprint density at radius 1 is 1.55 bits per heavy atom. The van der Waals surface area contributed by atoms with Crippen LogP contribution in [0.4, 0.5) is 4.39 Å². The number of thioether (sulfide) groups is 1. The predicted octanol–water partition coefficient (Wildman–Crippen LogP) is 2.12. The summed E-state index contributed by atoms with van der Waals surface area (Å²) in [6.07, 6.45) is 1.07. The summed E-state index contributed by atoms with van der Waals surface area (Å²) in [7, 11) is 0. The summed E-state index contributed by atoms with van der Waals surface area (Å²) in [5.41, 5.74) is 1.07. The van der Waals surface area contributed by atoms with Crippen molar-refractivity contribution >= 4 is 51.0 Å². The molecule has 116 valence electrons. The topological polar surface area (TPSA) is 91.1 Å². The first-order valence-corrected chi connectivity index (χ1v) is 8.14. The fraction of sp³-hybridized carbons (Fsp3) is 0.231. The number of hydrogen-bond acceptors (Lipinski definition) is 5. The Bertz CT molecular complexity index is 666. The highest BCUT2D eigenvalue weighted by atomic mass is 79.9. The van der Waals surface area contributed by atoms with Crippen molar-refractivity contribution in [2.45, 2.75) is 17.0 Å². The third kappa shape index (κ3) is 4.38. The highest BCUT2D eigenvalue weighted by Crippen LogP contribution is 2.22. The van der Waals surface area contributed by atoms with Crippen molar-refractivity contribution in [3.63, 3.8) is 0 Å². The fourth-order valence-corrected chi connectivity index (χ4v) is 3.02. The highest BCUT2D eigenvalue weighted by molar-refractivity contribution is 9.08. The van der Waals surface area contributed by atoms with Crippen LogP contribution in [0.3, 0.4) is 0 Å². The standard InChI is InChI=1S/C13H11BrFN3O3S/c14-5-8-2-1-7(3-9(8)15)6-16-18-13-17-12(21)10(22-13)4-11(19)20/h1-3,6,10H,4-5H2,(H,19,20)(H,17,18,21). The monoisotopic (exact) mass is 387 g/mol. The molecular weight excluding hydrogens is 377 g/mol. The SMILES string of the molecule is O=C(O)CC1SC(=NN=Cc2ccc(CBr)c(F)c2)NC1=O. The van der Waals surface area contributed by atoms with Crippen LogP contribution in [0, 0.1) is 5.82 Å². The predicted molar refractivity (Wildman–Crippen MR) is 85.8 cm³/mol. The zero-order valence-corrected chi connectivity index (χ0v) is 13.5. The van der Waals surface area contributed by atoms with E-state index in [1.807, 2.05) is 0 Å². The number of nitrogens with one attached hydrogen (secondary N) is 1. The molecule has 1 saturated heterocycles. The first-order chi connectivity index (χ1) is 10.5. The Kier molecular flexibility index (Phi) is 5.67. The summed E-state index contributed by atoms with van der Waals surface area (Å²) >= 11 is 4.18. The molecule has 0 aromatic heterocycles. The molecule has 6 nitrogen and oxygen atoms in total. The number of carbonyl (C=O) groups is 2. The largest absolute Gasteiger partial charge is 0.481 e. The van der Waals surface area contributed by atoms with Gasteiger partial charge in [0.1, 0.15) is 11.1 Å². The Hall–Kier alpha value is -1.74. The number of benzene rings is 1. The summed E-state index contributed by atoms with van der Waals surface area (Å²) < 4.78 is 13.6. The van der Waals surface area contributed by atoms with E-state index in [1.54, 1.807) is 12.1 Å². The van der Waals surface area contributed by atoms with E-state index in [4.69, 9.17) is 5.11 Å². The number of aliphatic carboxylic acids is 1. The first-order valence-electron chi connectivity index (χ1n) is 6.14. The van der Waals surface area contributed by atoms with Gasteiger partial charge < -0.3 is 10.4 Å². The van der Waals surface area contributed by atoms with Gasteiger partial charge in [0, 0.05) is 5.33 Å². The number of carboxylic acids is 1. The van der Waals surface area contributed by atoms with Gasteiger partial charge in [-0.3, -0.25) is 9.59 Å². The van der Waals surface area contributed by atoms with Crippen molar-refractivity contribution in [3.8, 4) is 0 Å². The zero-order valence-electron chi connectivity index (χ0n) is 11.1. The van der Waals surface area contributed by atoms with Crippen LogP contribution in [-0.2, 0) is 14.9 Å². The fourth-order valence-electron chi connectivity index (χ4n) is 1.65. The van der Waals surface area contributed by atoms with Crippen LogP contribution in [0.25, 0.3) is 0 Å². The summed E-state index contributed by atoms with van der Waals surface area (Å²) in [5, 5.41) is 18.6. The molecule has 1 amide bonds. The number of nitrogens with zero attached hydrogens (tertiary/aromatic N) is 2. The third-order valence-corrected chi connectivity index (χ3v) is 4.39. The van der Waals surface area contributed by atoms with Gasteiger partial charge >= 0.3 is 5.97 Å². The van der Waals surface area contributed by atoms with Crippen molar-refractivity contribution in [2.75, 3.05) is 0 Å². The van der Waals surface area contributed by atoms with E-state index >= 15 is 0 Å². The molecule has 9 heteroatoms. The molecule has 0 radical (unpaired) electrons. The Labute approximate surface area is 138 Å². The molecule has 0 aliphatic carbocycles. The molecule has 22 heavy (non-hydrogen) atoms. The summed E-state index contributed by atoms with van der Waals surface area (Å²) in [6, 6.07) is 4.65. The molecule has 0 bridgehead atoms. The number of amides is 1. The molecule has 1 atom stereocenters. The molecule has 1 aromatic carbocycles. The lowest BCUT2D eigenvalue weighted by molar-refractivity contribution is -0.138. The van der Waals surface area contributed by atoms with Crippen molar-refractivity contribution in [3.05, 3.63) is 35.1 Å². The minimum absolute atomic E-state index is 0.227. The number of halogens is 2. The van der Waals surface area contributed by atoms with Crippen molar-refractivity contribution < 1.29 is 19.1 Å². The van der Waals surface area contributed by atoms with E-state index in [9.17, 15) is 14.0 Å². The minimum atomic E-state index is -1.06. The molecule has 1 unspecified atom stereocenters. The second-order valence-electron chi connectivity index (χ2n) is 4.33. The quantitative estimate of drug-likeness (QED) is 0.459. The molecule has 2 N–H and O–H groups in total. The molecule has 2 rings (SSSR count). The van der Waals surface area contributed by atoms with Crippen LogP contribution in [-0.4, -0.2) is 33.6 Å². The highest BCUT2D eigenvalue weighted by Gasteiger charge is 2.32. The average Bonchev–Trinajstić information content (AvgIpc) is 2.78. The Morgan fingerprint density at radius 2 is 2.32 bits per heavy atom. The first kappa shape index (κ1) is 16.6. The van der Waals surface area contributed by atoms with Crippen LogP contribution >= 0.6 is 27.7 Å². The molecule has 0 saturated carbocycles. The summed E-state index contributed by atoms with van der Waals surface area (Å²) in [4.78, 5) is 22.1. The number of carbonyl (C=O) groups excluding carboxylic acids is 1. The van der Waals surface area contributed by atoms with E-state index < -0.39 is 17.1 Å². The van der Waals surface area contributed by atoms with Crippen molar-refractivity contribution in [1.29, 1.82) is 0 Å². The molecule has 1 aliphatic rings. The van der Waals surface area contributed by atoms with E-state index in [1.165, 1.54) is 12.3 Å². The maximum Gasteiger partial charge on any atom is 0.305 e. The zero-order chi connectivity index (χ0) is 16.1. The summed E-state index contributed by atoms with van der Waals surface area (Å²) in [5.74, 6) is -1.81. The number of alkyl halides is 1. The van der Waals surface area contributed by atoms with Gasteiger partial charge in [-0.15, -0.1) is 5.10 Å². The average molecular weight is 388 g/mol. The van der Waals surface area contributed by atoms with Gasteiger partial charge in [0.05, 0.1) is 12.6 Å². The third-order valence-electron chi connectivity index (χ3n) is 2.71. The normalized spacial score (nSPS) is 19.8. The van der Waals surface area contributed by atoms with E-state index in [0.29, 0.717) is 16.5 Å². The van der Waals surface area contributed by atoms with Gasteiger partial charge in [-0.2, -0.15) is 5.10 Å². The maximum absolute atomic E-state index is 13.6. The second-order valence-corrected chi connectivity index (χ2v) is 6.08. The van der Waals surface area contributed by atoms with Crippen LogP contribution in [0.5, 0.6) is 0 Å². The van der Waals surface area contributed by atoms with Gasteiger partial charge in [0.15, 0.2) is 5.17 Å². The maximum atomic E-state index is 13.6. The Balaban J connectivity index is 2.01. The van der Waals surface area contributed by atoms with E-state index in [-0.39, 0.29) is 17.4 Å². The van der Waals surface area contributed by atoms with Crippen LogP contribution in [0.15, 0.2) is 28.4 Å². The van der Waals surface area contributed by atoms with Crippen molar-refractivity contribution in [2.24, 2.45) is 10.2 Å². The molecular formula is C13H11BrFN3O3S. The summed E-state index contributed by atoms with van der Waals surface area (Å²) in [6.45, 7) is 0. The number of hydrogen-bond donors (Lipinski definition) is 2. The van der Waals surface area contributed by atoms with Crippen LogP contribution in [0.2, 0.25) is 0 Å². The molecule has 1 fully saturated rings.